The third-order valence-electron chi connectivity index (χ3n) is 2.45. The number of aromatic carboxylic acids is 1. The number of carbonyl (C=O) groups is 1. The Balaban J connectivity index is 2.68. The van der Waals surface area contributed by atoms with Gasteiger partial charge in [-0.3, -0.25) is 0 Å². The summed E-state index contributed by atoms with van der Waals surface area (Å²) in [6.07, 6.45) is 0. The molecule has 1 aromatic heterocycles. The minimum absolute atomic E-state index is 0.0136. The molecule has 1 aromatic carbocycles. The van der Waals surface area contributed by atoms with Crippen molar-refractivity contribution in [1.29, 1.82) is 0 Å². The van der Waals surface area contributed by atoms with E-state index in [4.69, 9.17) is 10.8 Å². The van der Waals surface area contributed by atoms with Gasteiger partial charge in [0.05, 0.1) is 5.56 Å². The first kappa shape index (κ1) is 12.0. The minimum atomic E-state index is -1.22. The van der Waals surface area contributed by atoms with Gasteiger partial charge in [0.1, 0.15) is 17.3 Å². The van der Waals surface area contributed by atoms with Crippen LogP contribution in [0.5, 0.6) is 0 Å². The molecule has 3 N–H and O–H groups in total. The van der Waals surface area contributed by atoms with Crippen LogP contribution in [0.2, 0.25) is 0 Å². The number of carboxylic acid groups (broad SMARTS) is 1. The largest absolute Gasteiger partial charge is 0.478 e. The molecule has 0 bridgehead atoms. The van der Waals surface area contributed by atoms with Gasteiger partial charge in [-0.2, -0.15) is 5.10 Å². The van der Waals surface area contributed by atoms with E-state index >= 15 is 0 Å². The number of anilines is 1. The molecular weight excluding hydrogens is 239 g/mol. The number of aryl methyl sites for hydroxylation is 2. The summed E-state index contributed by atoms with van der Waals surface area (Å²) in [7, 11) is 0. The van der Waals surface area contributed by atoms with Crippen molar-refractivity contribution in [3.05, 3.63) is 35.2 Å². The van der Waals surface area contributed by atoms with Crippen molar-refractivity contribution in [3.63, 3.8) is 0 Å². The first-order chi connectivity index (χ1) is 8.40. The van der Waals surface area contributed by atoms with E-state index in [1.807, 2.05) is 0 Å². The quantitative estimate of drug-likeness (QED) is 0.783. The first-order valence-corrected chi connectivity index (χ1v) is 5.13. The monoisotopic (exact) mass is 250 g/mol. The van der Waals surface area contributed by atoms with Crippen molar-refractivity contribution in [2.45, 2.75) is 13.8 Å². The average Bonchev–Trinajstić information content (AvgIpc) is 2.57. The van der Waals surface area contributed by atoms with Crippen LogP contribution >= 0.6 is 0 Å². The van der Waals surface area contributed by atoms with Gasteiger partial charge in [0, 0.05) is 5.69 Å². The van der Waals surface area contributed by atoms with Crippen molar-refractivity contribution in [2.24, 2.45) is 0 Å². The second kappa shape index (κ2) is 4.10. The predicted octanol–water partition coefficient (Wildman–Crippen LogP) is 1.30. The summed E-state index contributed by atoms with van der Waals surface area (Å²) in [4.78, 5) is 15.0. The molecule has 0 saturated carbocycles. The van der Waals surface area contributed by atoms with E-state index in [2.05, 4.69) is 10.1 Å². The van der Waals surface area contributed by atoms with Gasteiger partial charge in [-0.05, 0) is 26.0 Å². The molecule has 0 aliphatic rings. The third kappa shape index (κ3) is 1.90. The molecular formula is C11H11FN4O2. The van der Waals surface area contributed by atoms with Gasteiger partial charge < -0.3 is 10.8 Å². The molecule has 0 aliphatic heterocycles. The summed E-state index contributed by atoms with van der Waals surface area (Å²) < 4.78 is 15.1. The summed E-state index contributed by atoms with van der Waals surface area (Å²) >= 11 is 0. The molecule has 1 heterocycles. The van der Waals surface area contributed by atoms with Gasteiger partial charge in [0.25, 0.3) is 0 Å². The summed E-state index contributed by atoms with van der Waals surface area (Å²) in [5, 5.41) is 13.0. The predicted molar refractivity (Wildman–Crippen MR) is 62.2 cm³/mol. The molecule has 0 unspecified atom stereocenters. The molecule has 2 rings (SSSR count). The molecule has 94 valence electrons. The maximum absolute atomic E-state index is 13.8. The number of carboxylic acids is 1. The molecule has 0 atom stereocenters. The van der Waals surface area contributed by atoms with Crippen LogP contribution in [0.4, 0.5) is 10.1 Å². The fraction of sp³-hybridized carbons (Fsp3) is 0.182. The zero-order valence-corrected chi connectivity index (χ0v) is 9.81. The van der Waals surface area contributed by atoms with E-state index in [0.29, 0.717) is 11.6 Å². The molecule has 7 heteroatoms. The molecule has 0 fully saturated rings. The Hall–Kier alpha value is -2.44. The van der Waals surface area contributed by atoms with Gasteiger partial charge in [0.2, 0.25) is 0 Å². The number of nitrogens with zero attached hydrogens (tertiary/aromatic N) is 3. The highest BCUT2D eigenvalue weighted by molar-refractivity contribution is 5.94. The van der Waals surface area contributed by atoms with Crippen LogP contribution in [-0.2, 0) is 0 Å². The summed E-state index contributed by atoms with van der Waals surface area (Å²) in [6, 6.07) is 2.11. The van der Waals surface area contributed by atoms with Crippen molar-refractivity contribution >= 4 is 11.7 Å². The second-order valence-corrected chi connectivity index (χ2v) is 3.81. The molecule has 6 nitrogen and oxygen atoms in total. The zero-order valence-electron chi connectivity index (χ0n) is 9.81. The topological polar surface area (TPSA) is 94.0 Å². The lowest BCUT2D eigenvalue weighted by Crippen LogP contribution is -2.08. The number of halogens is 1. The van der Waals surface area contributed by atoms with Crippen LogP contribution in [0.15, 0.2) is 12.1 Å². The SMILES string of the molecule is Cc1nc(C)n(-c2cc(C(=O)O)c(N)cc2F)n1. The van der Waals surface area contributed by atoms with Crippen LogP contribution in [0, 0.1) is 19.7 Å². The lowest BCUT2D eigenvalue weighted by atomic mass is 10.1. The summed E-state index contributed by atoms with van der Waals surface area (Å²) in [5.41, 5.74) is 5.17. The molecule has 0 aliphatic carbocycles. The van der Waals surface area contributed by atoms with Crippen LogP contribution in [0.1, 0.15) is 22.0 Å². The number of nitrogens with two attached hydrogens (primary N) is 1. The highest BCUT2D eigenvalue weighted by atomic mass is 19.1. The van der Waals surface area contributed by atoms with E-state index in [0.717, 1.165) is 12.1 Å². The summed E-state index contributed by atoms with van der Waals surface area (Å²) in [6.45, 7) is 3.31. The average molecular weight is 250 g/mol. The Morgan fingerprint density at radius 1 is 1.44 bits per heavy atom. The number of benzene rings is 1. The number of rotatable bonds is 2. The third-order valence-corrected chi connectivity index (χ3v) is 2.45. The minimum Gasteiger partial charge on any atom is -0.478 e. The van der Waals surface area contributed by atoms with E-state index < -0.39 is 11.8 Å². The molecule has 0 saturated heterocycles. The maximum Gasteiger partial charge on any atom is 0.337 e. The normalized spacial score (nSPS) is 10.6. The van der Waals surface area contributed by atoms with Crippen molar-refractivity contribution in [3.8, 4) is 5.69 Å². The van der Waals surface area contributed by atoms with Crippen molar-refractivity contribution < 1.29 is 14.3 Å². The highest BCUT2D eigenvalue weighted by Gasteiger charge is 2.16. The van der Waals surface area contributed by atoms with E-state index in [9.17, 15) is 9.18 Å². The molecule has 0 radical (unpaired) electrons. The van der Waals surface area contributed by atoms with E-state index in [-0.39, 0.29) is 16.9 Å². The van der Waals surface area contributed by atoms with E-state index in [1.165, 1.54) is 4.68 Å². The summed E-state index contributed by atoms with van der Waals surface area (Å²) in [5.74, 6) is -0.929. The van der Waals surface area contributed by atoms with Crippen LogP contribution in [0.3, 0.4) is 0 Å². The highest BCUT2D eigenvalue weighted by Crippen LogP contribution is 2.21. The van der Waals surface area contributed by atoms with Crippen LogP contribution < -0.4 is 5.73 Å². The Labute approximate surface area is 102 Å². The number of hydrogen-bond donors (Lipinski definition) is 2. The zero-order chi connectivity index (χ0) is 13.4. The number of nitrogen functional groups attached to an aromatic ring is 1. The standard InChI is InChI=1S/C11H11FN4O2/c1-5-14-6(2)16(15-5)10-3-7(11(17)18)9(13)4-8(10)12/h3-4H,13H2,1-2H3,(H,17,18). The van der Waals surface area contributed by atoms with Gasteiger partial charge in [-0.15, -0.1) is 0 Å². The smallest absolute Gasteiger partial charge is 0.337 e. The van der Waals surface area contributed by atoms with Gasteiger partial charge in [-0.25, -0.2) is 18.9 Å². The lowest BCUT2D eigenvalue weighted by Gasteiger charge is -2.08. The lowest BCUT2D eigenvalue weighted by molar-refractivity contribution is 0.0698. The number of hydrogen-bond acceptors (Lipinski definition) is 4. The molecule has 0 spiro atoms. The molecule has 18 heavy (non-hydrogen) atoms. The fourth-order valence-electron chi connectivity index (χ4n) is 1.67. The maximum atomic E-state index is 13.8. The fourth-order valence-corrected chi connectivity index (χ4v) is 1.67. The van der Waals surface area contributed by atoms with E-state index in [1.54, 1.807) is 13.8 Å². The first-order valence-electron chi connectivity index (χ1n) is 5.13. The Bertz CT molecular complexity index is 636. The Morgan fingerprint density at radius 2 is 2.11 bits per heavy atom. The Morgan fingerprint density at radius 3 is 2.61 bits per heavy atom. The van der Waals surface area contributed by atoms with Gasteiger partial charge in [-0.1, -0.05) is 0 Å². The molecule has 0 amide bonds. The van der Waals surface area contributed by atoms with Crippen molar-refractivity contribution in [2.75, 3.05) is 5.73 Å². The van der Waals surface area contributed by atoms with Gasteiger partial charge >= 0.3 is 5.97 Å². The number of aromatic nitrogens is 3. The van der Waals surface area contributed by atoms with Crippen LogP contribution in [-0.4, -0.2) is 25.8 Å². The molecule has 2 aromatic rings. The van der Waals surface area contributed by atoms with Crippen molar-refractivity contribution in [1.82, 2.24) is 14.8 Å². The Kier molecular flexibility index (Phi) is 2.74. The second-order valence-electron chi connectivity index (χ2n) is 3.81. The van der Waals surface area contributed by atoms with Gasteiger partial charge in [0.15, 0.2) is 5.82 Å². The van der Waals surface area contributed by atoms with Crippen LogP contribution in [0.25, 0.3) is 5.69 Å².